The molecule has 7 heteroatoms. The topological polar surface area (TPSA) is 44.8 Å². The Balaban J connectivity index is 1.27. The molecule has 5 nitrogen and oxygen atoms in total. The Labute approximate surface area is 167 Å². The minimum Gasteiger partial charge on any atom is -0.379 e. The van der Waals surface area contributed by atoms with Gasteiger partial charge in [0.1, 0.15) is 0 Å². The molecule has 28 heavy (non-hydrogen) atoms. The van der Waals surface area contributed by atoms with Crippen molar-refractivity contribution in [2.24, 2.45) is 17.8 Å². The second kappa shape index (κ2) is 8.52. The molecule has 0 bridgehead atoms. The van der Waals surface area contributed by atoms with Crippen molar-refractivity contribution in [3.63, 3.8) is 0 Å². The summed E-state index contributed by atoms with van der Waals surface area (Å²) in [4.78, 5) is 17.2. The molecule has 1 amide bonds. The molecule has 0 radical (unpaired) electrons. The predicted octanol–water partition coefficient (Wildman–Crippen LogP) is 2.36. The molecule has 2 aliphatic carbocycles. The van der Waals surface area contributed by atoms with Gasteiger partial charge in [-0.2, -0.15) is 0 Å². The zero-order valence-corrected chi connectivity index (χ0v) is 17.0. The number of rotatable bonds is 6. The molecule has 2 heterocycles. The fourth-order valence-electron chi connectivity index (χ4n) is 5.85. The van der Waals surface area contributed by atoms with E-state index in [9.17, 15) is 13.6 Å². The van der Waals surface area contributed by atoms with Gasteiger partial charge in [-0.15, -0.1) is 0 Å². The van der Waals surface area contributed by atoms with Crippen LogP contribution in [0.1, 0.15) is 45.4 Å². The number of hydrogen-bond acceptors (Lipinski definition) is 4. The first-order chi connectivity index (χ1) is 13.4. The molecule has 160 valence electrons. The molecule has 1 N–H and O–H groups in total. The van der Waals surface area contributed by atoms with Gasteiger partial charge in [0.05, 0.1) is 13.2 Å². The lowest BCUT2D eigenvalue weighted by molar-refractivity contribution is -0.129. The van der Waals surface area contributed by atoms with Gasteiger partial charge in [0.2, 0.25) is 11.8 Å². The number of halogens is 2. The van der Waals surface area contributed by atoms with Crippen LogP contribution in [-0.2, 0) is 9.53 Å². The molecular formula is C21H35F2N3O2. The Morgan fingerprint density at radius 2 is 1.89 bits per heavy atom. The summed E-state index contributed by atoms with van der Waals surface area (Å²) in [6.07, 6.45) is 2.87. The highest BCUT2D eigenvalue weighted by molar-refractivity contribution is 5.79. The number of ether oxygens (including phenoxy) is 1. The maximum Gasteiger partial charge on any atom is 0.248 e. The van der Waals surface area contributed by atoms with Gasteiger partial charge in [-0.25, -0.2) is 8.78 Å². The van der Waals surface area contributed by atoms with Gasteiger partial charge >= 0.3 is 0 Å². The molecule has 4 aliphatic rings. The van der Waals surface area contributed by atoms with Crippen LogP contribution in [0.5, 0.6) is 0 Å². The van der Waals surface area contributed by atoms with Crippen molar-refractivity contribution in [3.8, 4) is 0 Å². The predicted molar refractivity (Wildman–Crippen MR) is 103 cm³/mol. The largest absolute Gasteiger partial charge is 0.379 e. The summed E-state index contributed by atoms with van der Waals surface area (Å²) in [7, 11) is 0. The van der Waals surface area contributed by atoms with E-state index < -0.39 is 5.92 Å². The van der Waals surface area contributed by atoms with Crippen molar-refractivity contribution in [1.29, 1.82) is 0 Å². The van der Waals surface area contributed by atoms with Crippen molar-refractivity contribution in [2.75, 3.05) is 45.9 Å². The molecule has 2 aliphatic heterocycles. The third-order valence-electron chi connectivity index (χ3n) is 7.64. The van der Waals surface area contributed by atoms with Crippen molar-refractivity contribution >= 4 is 5.91 Å². The van der Waals surface area contributed by atoms with Gasteiger partial charge in [0.15, 0.2) is 0 Å². The third kappa shape index (κ3) is 4.51. The normalized spacial score (nSPS) is 36.8. The van der Waals surface area contributed by atoms with Crippen LogP contribution in [0, 0.1) is 17.8 Å². The van der Waals surface area contributed by atoms with Crippen molar-refractivity contribution in [2.45, 2.75) is 63.5 Å². The van der Waals surface area contributed by atoms with Gasteiger partial charge in [0, 0.05) is 57.5 Å². The maximum atomic E-state index is 13.4. The van der Waals surface area contributed by atoms with E-state index in [2.05, 4.69) is 22.0 Å². The fraction of sp³-hybridized carbons (Fsp3) is 0.952. The highest BCUT2D eigenvalue weighted by Gasteiger charge is 2.50. The number of carbonyl (C=O) groups is 1. The Kier molecular flexibility index (Phi) is 6.23. The van der Waals surface area contributed by atoms with Crippen molar-refractivity contribution in [1.82, 2.24) is 15.1 Å². The first kappa shape index (κ1) is 20.5. The standard InChI is InChI=1S/C21H35F2N3O2/c1-15-12-19-17(18(15)14-24-16-2-4-21(22,23)5-3-16)13-20(27)26(19)7-6-25-8-10-28-11-9-25/h15-19,24H,2-14H2,1H3/t15-,17-,18+,19+/m0/s1. The SMILES string of the molecule is C[C@H]1C[C@@H]2[C@@H](CC(=O)N2CCN2CCOCC2)[C@@H]1CNC1CCC(F)(F)CC1. The number of fused-ring (bicyclic) bond motifs is 1. The highest BCUT2D eigenvalue weighted by Crippen LogP contribution is 2.46. The monoisotopic (exact) mass is 399 g/mol. The number of amides is 1. The summed E-state index contributed by atoms with van der Waals surface area (Å²) < 4.78 is 32.1. The van der Waals surface area contributed by atoms with Gasteiger partial charge in [-0.1, -0.05) is 6.92 Å². The van der Waals surface area contributed by atoms with E-state index in [0.29, 0.717) is 49.0 Å². The van der Waals surface area contributed by atoms with E-state index in [4.69, 9.17) is 4.74 Å². The summed E-state index contributed by atoms with van der Waals surface area (Å²) in [5.74, 6) is -0.693. The first-order valence-electron chi connectivity index (χ1n) is 11.1. The zero-order valence-electron chi connectivity index (χ0n) is 17.0. The second-order valence-electron chi connectivity index (χ2n) is 9.39. The summed E-state index contributed by atoms with van der Waals surface area (Å²) in [6.45, 7) is 8.42. The summed E-state index contributed by atoms with van der Waals surface area (Å²) in [5.41, 5.74) is 0. The molecule has 4 fully saturated rings. The van der Waals surface area contributed by atoms with E-state index in [1.807, 2.05) is 0 Å². The second-order valence-corrected chi connectivity index (χ2v) is 9.39. The number of carbonyl (C=O) groups excluding carboxylic acids is 1. The highest BCUT2D eigenvalue weighted by atomic mass is 19.3. The lowest BCUT2D eigenvalue weighted by Crippen LogP contribution is -2.44. The van der Waals surface area contributed by atoms with Crippen LogP contribution < -0.4 is 5.32 Å². The van der Waals surface area contributed by atoms with Crippen LogP contribution in [0.15, 0.2) is 0 Å². The van der Waals surface area contributed by atoms with E-state index in [1.165, 1.54) is 0 Å². The molecule has 2 saturated heterocycles. The van der Waals surface area contributed by atoms with Crippen LogP contribution in [0.3, 0.4) is 0 Å². The molecular weight excluding hydrogens is 364 g/mol. The van der Waals surface area contributed by atoms with Crippen molar-refractivity contribution in [3.05, 3.63) is 0 Å². The Morgan fingerprint density at radius 3 is 2.61 bits per heavy atom. The van der Waals surface area contributed by atoms with Crippen LogP contribution in [0.25, 0.3) is 0 Å². The molecule has 0 aromatic heterocycles. The summed E-state index contributed by atoms with van der Waals surface area (Å²) in [5, 5.41) is 3.57. The van der Waals surface area contributed by atoms with Crippen LogP contribution in [0.2, 0.25) is 0 Å². The molecule has 0 aromatic rings. The minimum absolute atomic E-state index is 0.00471. The van der Waals surface area contributed by atoms with Gasteiger partial charge in [0.25, 0.3) is 0 Å². The number of hydrogen-bond donors (Lipinski definition) is 1. The molecule has 0 unspecified atom stereocenters. The number of likely N-dealkylation sites (tertiary alicyclic amines) is 1. The molecule has 4 atom stereocenters. The quantitative estimate of drug-likeness (QED) is 0.745. The average molecular weight is 400 g/mol. The maximum absolute atomic E-state index is 13.4. The van der Waals surface area contributed by atoms with Crippen LogP contribution in [0.4, 0.5) is 8.78 Å². The molecule has 4 rings (SSSR count). The lowest BCUT2D eigenvalue weighted by atomic mass is 9.87. The van der Waals surface area contributed by atoms with Crippen molar-refractivity contribution < 1.29 is 18.3 Å². The van der Waals surface area contributed by atoms with Crippen LogP contribution in [-0.4, -0.2) is 79.7 Å². The Hall–Kier alpha value is -0.790. The van der Waals surface area contributed by atoms with E-state index in [-0.39, 0.29) is 18.9 Å². The Bertz CT molecular complexity index is 546. The third-order valence-corrected chi connectivity index (χ3v) is 7.64. The van der Waals surface area contributed by atoms with Crippen LogP contribution >= 0.6 is 0 Å². The van der Waals surface area contributed by atoms with Gasteiger partial charge in [-0.3, -0.25) is 9.69 Å². The average Bonchev–Trinajstić information content (AvgIpc) is 3.13. The molecule has 0 aromatic carbocycles. The molecule has 0 spiro atoms. The Morgan fingerprint density at radius 1 is 1.18 bits per heavy atom. The smallest absolute Gasteiger partial charge is 0.248 e. The number of morpholine rings is 1. The van der Waals surface area contributed by atoms with Gasteiger partial charge < -0.3 is 15.0 Å². The number of nitrogens with one attached hydrogen (secondary N) is 1. The minimum atomic E-state index is -2.47. The van der Waals surface area contributed by atoms with E-state index in [0.717, 1.165) is 52.4 Å². The fourth-order valence-corrected chi connectivity index (χ4v) is 5.85. The number of alkyl halides is 2. The number of nitrogens with zero attached hydrogens (tertiary/aromatic N) is 2. The lowest BCUT2D eigenvalue weighted by Gasteiger charge is -2.31. The first-order valence-corrected chi connectivity index (χ1v) is 11.1. The zero-order chi connectivity index (χ0) is 19.7. The summed E-state index contributed by atoms with van der Waals surface area (Å²) in [6, 6.07) is 0.575. The summed E-state index contributed by atoms with van der Waals surface area (Å²) >= 11 is 0. The van der Waals surface area contributed by atoms with Gasteiger partial charge in [-0.05, 0) is 43.6 Å². The molecule has 2 saturated carbocycles. The van der Waals surface area contributed by atoms with E-state index >= 15 is 0 Å². The van der Waals surface area contributed by atoms with E-state index in [1.54, 1.807) is 0 Å².